The molecule has 1 spiro atoms. The first-order chi connectivity index (χ1) is 9.67. The molecular weight excluding hydrogens is 283 g/mol. The molecule has 1 saturated heterocycles. The van der Waals surface area contributed by atoms with Gasteiger partial charge in [0.25, 0.3) is 0 Å². The van der Waals surface area contributed by atoms with Crippen LogP contribution in [-0.2, 0) is 20.8 Å². The van der Waals surface area contributed by atoms with Crippen LogP contribution in [0.3, 0.4) is 0 Å². The lowest BCUT2D eigenvalue weighted by Gasteiger charge is -2.35. The summed E-state index contributed by atoms with van der Waals surface area (Å²) in [7, 11) is 0. The highest BCUT2D eigenvalue weighted by molar-refractivity contribution is 6.30. The Kier molecular flexibility index (Phi) is 4.26. The molecule has 0 unspecified atom stereocenters. The molecule has 110 valence electrons. The number of ether oxygens (including phenoxy) is 3. The molecule has 0 aromatic heterocycles. The van der Waals surface area contributed by atoms with Crippen molar-refractivity contribution in [1.82, 2.24) is 0 Å². The second-order valence-electron chi connectivity index (χ2n) is 5.35. The Morgan fingerprint density at radius 2 is 1.95 bits per heavy atom. The molecule has 0 bridgehead atoms. The molecule has 1 heterocycles. The molecule has 2 fully saturated rings. The molecule has 5 heteroatoms. The van der Waals surface area contributed by atoms with Crippen LogP contribution in [0.2, 0.25) is 5.02 Å². The average molecular weight is 301 g/mol. The minimum atomic E-state index is -0.374. The van der Waals surface area contributed by atoms with E-state index in [4.69, 9.17) is 25.8 Å². The molecule has 2 aliphatic rings. The molecule has 1 aliphatic carbocycles. The fraction of sp³-hybridized carbons (Fsp3) is 0.600. The third-order valence-electron chi connectivity index (χ3n) is 3.99. The van der Waals surface area contributed by atoms with E-state index < -0.39 is 0 Å². The average Bonchev–Trinajstić information content (AvgIpc) is 2.90. The third-order valence-corrected chi connectivity index (χ3v) is 4.23. The van der Waals surface area contributed by atoms with Gasteiger partial charge in [0.15, 0.2) is 5.79 Å². The molecule has 1 aromatic carbocycles. The van der Waals surface area contributed by atoms with Crippen LogP contribution in [0.1, 0.15) is 31.2 Å². The Bertz CT molecular complexity index is 464. The summed E-state index contributed by atoms with van der Waals surface area (Å²) in [5.41, 5.74) is 0.506. The van der Waals surface area contributed by atoms with Gasteiger partial charge in [-0.15, -0.1) is 0 Å². The van der Waals surface area contributed by atoms with Crippen LogP contribution in [0.25, 0.3) is 0 Å². The van der Waals surface area contributed by atoms with E-state index in [1.54, 1.807) is 12.1 Å². The summed E-state index contributed by atoms with van der Waals surface area (Å²) in [6.45, 7) is 1.62. The minimum absolute atomic E-state index is 0.131. The van der Waals surface area contributed by atoms with Gasteiger partial charge in [0.1, 0.15) is 5.82 Å². The van der Waals surface area contributed by atoms with Crippen molar-refractivity contribution < 1.29 is 18.6 Å². The summed E-state index contributed by atoms with van der Waals surface area (Å²) in [5.74, 6) is -0.648. The number of benzene rings is 1. The van der Waals surface area contributed by atoms with Gasteiger partial charge in [0, 0.05) is 23.4 Å². The van der Waals surface area contributed by atoms with Gasteiger partial charge in [-0.3, -0.25) is 0 Å². The SMILES string of the molecule is Fc1ccc(Cl)cc1COC1CCC2(CC1)OCCO2. The Balaban J connectivity index is 1.51. The highest BCUT2D eigenvalue weighted by Gasteiger charge is 2.40. The van der Waals surface area contributed by atoms with Crippen molar-refractivity contribution in [2.24, 2.45) is 0 Å². The predicted octanol–water partition coefficient (Wildman–Crippen LogP) is 3.68. The Labute approximate surface area is 123 Å². The molecule has 0 radical (unpaired) electrons. The molecule has 3 rings (SSSR count). The second-order valence-corrected chi connectivity index (χ2v) is 5.79. The van der Waals surface area contributed by atoms with E-state index in [1.807, 2.05) is 0 Å². The smallest absolute Gasteiger partial charge is 0.168 e. The van der Waals surface area contributed by atoms with E-state index in [1.165, 1.54) is 6.07 Å². The summed E-state index contributed by atoms with van der Waals surface area (Å²) in [6.07, 6.45) is 3.57. The van der Waals surface area contributed by atoms with Gasteiger partial charge in [-0.05, 0) is 31.0 Å². The highest BCUT2D eigenvalue weighted by atomic mass is 35.5. The zero-order chi connectivity index (χ0) is 14.0. The van der Waals surface area contributed by atoms with Crippen LogP contribution >= 0.6 is 11.6 Å². The summed E-state index contributed by atoms with van der Waals surface area (Å²) < 4.78 is 30.7. The van der Waals surface area contributed by atoms with Gasteiger partial charge in [-0.25, -0.2) is 4.39 Å². The van der Waals surface area contributed by atoms with E-state index in [0.717, 1.165) is 25.7 Å². The first-order valence-corrected chi connectivity index (χ1v) is 7.38. The van der Waals surface area contributed by atoms with Gasteiger partial charge < -0.3 is 14.2 Å². The maximum Gasteiger partial charge on any atom is 0.168 e. The van der Waals surface area contributed by atoms with E-state index in [9.17, 15) is 4.39 Å². The van der Waals surface area contributed by atoms with Crippen LogP contribution in [0.4, 0.5) is 4.39 Å². The topological polar surface area (TPSA) is 27.7 Å². The van der Waals surface area contributed by atoms with E-state index in [-0.39, 0.29) is 24.3 Å². The lowest BCUT2D eigenvalue weighted by atomic mass is 9.92. The fourth-order valence-corrected chi connectivity index (χ4v) is 3.04. The van der Waals surface area contributed by atoms with Crippen LogP contribution < -0.4 is 0 Å². The molecule has 3 nitrogen and oxygen atoms in total. The normalized spacial score (nSPS) is 22.5. The molecule has 1 aromatic rings. The molecule has 0 amide bonds. The summed E-state index contributed by atoms with van der Waals surface area (Å²) in [5, 5.41) is 0.528. The second kappa shape index (κ2) is 5.98. The molecule has 1 saturated carbocycles. The quantitative estimate of drug-likeness (QED) is 0.852. The first kappa shape index (κ1) is 14.3. The maximum atomic E-state index is 13.6. The van der Waals surface area contributed by atoms with Crippen LogP contribution in [0.15, 0.2) is 18.2 Å². The van der Waals surface area contributed by atoms with Crippen LogP contribution in [-0.4, -0.2) is 25.1 Å². The van der Waals surface area contributed by atoms with Crippen LogP contribution in [0.5, 0.6) is 0 Å². The van der Waals surface area contributed by atoms with Gasteiger partial charge in [0.2, 0.25) is 0 Å². The highest BCUT2D eigenvalue weighted by Crippen LogP contribution is 2.37. The van der Waals surface area contributed by atoms with Crippen molar-refractivity contribution in [2.45, 2.75) is 44.2 Å². The zero-order valence-electron chi connectivity index (χ0n) is 11.2. The Hall–Kier alpha value is -0.680. The molecular formula is C15H18ClFO3. The molecule has 0 atom stereocenters. The van der Waals surface area contributed by atoms with Crippen molar-refractivity contribution in [3.8, 4) is 0 Å². The molecule has 0 N–H and O–H groups in total. The van der Waals surface area contributed by atoms with Crippen molar-refractivity contribution in [3.63, 3.8) is 0 Å². The van der Waals surface area contributed by atoms with Crippen molar-refractivity contribution >= 4 is 11.6 Å². The summed E-state index contributed by atoms with van der Waals surface area (Å²) in [6, 6.07) is 4.53. The van der Waals surface area contributed by atoms with Gasteiger partial charge >= 0.3 is 0 Å². The first-order valence-electron chi connectivity index (χ1n) is 7.00. The van der Waals surface area contributed by atoms with Gasteiger partial charge in [-0.2, -0.15) is 0 Å². The van der Waals surface area contributed by atoms with E-state index in [0.29, 0.717) is 23.8 Å². The third kappa shape index (κ3) is 3.14. The number of halogens is 2. The Morgan fingerprint density at radius 3 is 2.65 bits per heavy atom. The maximum absolute atomic E-state index is 13.6. The van der Waals surface area contributed by atoms with Crippen molar-refractivity contribution in [2.75, 3.05) is 13.2 Å². The summed E-state index contributed by atoms with van der Waals surface area (Å²) in [4.78, 5) is 0. The van der Waals surface area contributed by atoms with E-state index >= 15 is 0 Å². The number of hydrogen-bond donors (Lipinski definition) is 0. The Morgan fingerprint density at radius 1 is 1.25 bits per heavy atom. The largest absolute Gasteiger partial charge is 0.373 e. The van der Waals surface area contributed by atoms with Crippen molar-refractivity contribution in [1.29, 1.82) is 0 Å². The molecule has 20 heavy (non-hydrogen) atoms. The number of rotatable bonds is 3. The van der Waals surface area contributed by atoms with E-state index in [2.05, 4.69) is 0 Å². The molecule has 1 aliphatic heterocycles. The fourth-order valence-electron chi connectivity index (χ4n) is 2.85. The number of hydrogen-bond acceptors (Lipinski definition) is 3. The zero-order valence-corrected chi connectivity index (χ0v) is 12.0. The van der Waals surface area contributed by atoms with Crippen LogP contribution in [0, 0.1) is 5.82 Å². The lowest BCUT2D eigenvalue weighted by molar-refractivity contribution is -0.192. The lowest BCUT2D eigenvalue weighted by Crippen LogP contribution is -2.37. The van der Waals surface area contributed by atoms with Crippen molar-refractivity contribution in [3.05, 3.63) is 34.6 Å². The van der Waals surface area contributed by atoms with Gasteiger partial charge in [-0.1, -0.05) is 11.6 Å². The monoisotopic (exact) mass is 300 g/mol. The standard InChI is InChI=1S/C15H18ClFO3/c16-12-1-2-14(17)11(9-12)10-18-13-3-5-15(6-4-13)19-7-8-20-15/h1-2,9,13H,3-8,10H2. The minimum Gasteiger partial charge on any atom is -0.373 e. The van der Waals surface area contributed by atoms with Gasteiger partial charge in [0.05, 0.1) is 25.9 Å². The summed E-state index contributed by atoms with van der Waals surface area (Å²) >= 11 is 5.86. The predicted molar refractivity (Wildman–Crippen MR) is 73.1 cm³/mol.